The number of oxime groups is 1. The van der Waals surface area contributed by atoms with Crippen LogP contribution in [-0.4, -0.2) is 43.6 Å². The summed E-state index contributed by atoms with van der Waals surface area (Å²) in [5.41, 5.74) is 1.59. The Balaban J connectivity index is 2.56. The van der Waals surface area contributed by atoms with Crippen molar-refractivity contribution in [2.24, 2.45) is 5.16 Å². The summed E-state index contributed by atoms with van der Waals surface area (Å²) in [5.74, 6) is 0. The quantitative estimate of drug-likeness (QED) is 0.280. The second-order valence-electron chi connectivity index (χ2n) is 3.14. The van der Waals surface area contributed by atoms with Gasteiger partial charge in [-0.3, -0.25) is 0 Å². The molecule has 0 amide bonds. The van der Waals surface area contributed by atoms with Crippen LogP contribution in [0, 0.1) is 0 Å². The molecule has 4 heteroatoms. The second-order valence-corrected chi connectivity index (χ2v) is 6.47. The summed E-state index contributed by atoms with van der Waals surface area (Å²) in [6.45, 7) is 2.07. The number of aliphatic hydroxyl groups is 1. The van der Waals surface area contributed by atoms with Crippen molar-refractivity contribution in [3.8, 4) is 0 Å². The fourth-order valence-electron chi connectivity index (χ4n) is 1.10. The molecule has 0 aliphatic rings. The van der Waals surface area contributed by atoms with Crippen molar-refractivity contribution in [3.63, 3.8) is 0 Å². The van der Waals surface area contributed by atoms with E-state index < -0.39 is 0 Å². The summed E-state index contributed by atoms with van der Waals surface area (Å²) >= 11 is -0.154. The average Bonchev–Trinajstić information content (AvgIpc) is 2.29. The first-order chi connectivity index (χ1) is 7.27. The van der Waals surface area contributed by atoms with Gasteiger partial charge in [-0.1, -0.05) is 0 Å². The zero-order chi connectivity index (χ0) is 11.1. The van der Waals surface area contributed by atoms with Crippen LogP contribution in [0.4, 0.5) is 0 Å². The number of hydrogen-bond donors (Lipinski definition) is 2. The van der Waals surface area contributed by atoms with E-state index in [1.54, 1.807) is 6.92 Å². The molecule has 82 valence electrons. The molecule has 0 saturated carbocycles. The van der Waals surface area contributed by atoms with Crippen LogP contribution in [0.15, 0.2) is 29.4 Å². The van der Waals surface area contributed by atoms with Crippen LogP contribution in [0.1, 0.15) is 18.9 Å². The average molecular weight is 321 g/mol. The Hall–Kier alpha value is -0.560. The molecule has 0 bridgehead atoms. The number of hydrogen-bond acceptors (Lipinski definition) is 3. The summed E-state index contributed by atoms with van der Waals surface area (Å²) in [7, 11) is 0. The Kier molecular flexibility index (Phi) is 5.70. The minimum atomic E-state index is -0.154. The molecule has 0 aliphatic carbocycles. The molecule has 3 nitrogen and oxygen atoms in total. The third-order valence-electron chi connectivity index (χ3n) is 1.99. The predicted octanol–water partition coefficient (Wildman–Crippen LogP) is 1.01. The van der Waals surface area contributed by atoms with Crippen molar-refractivity contribution in [2.45, 2.75) is 17.8 Å². The normalized spacial score (nSPS) is 11.7. The predicted molar refractivity (Wildman–Crippen MR) is 62.3 cm³/mol. The van der Waals surface area contributed by atoms with Gasteiger partial charge >= 0.3 is 100.0 Å². The van der Waals surface area contributed by atoms with E-state index in [4.69, 9.17) is 10.3 Å². The van der Waals surface area contributed by atoms with Crippen LogP contribution in [0.2, 0.25) is 4.47 Å². The summed E-state index contributed by atoms with van der Waals surface area (Å²) in [5, 5.41) is 20.4. The third kappa shape index (κ3) is 4.21. The van der Waals surface area contributed by atoms with Crippen LogP contribution >= 0.6 is 0 Å². The van der Waals surface area contributed by atoms with E-state index in [0.29, 0.717) is 12.3 Å². The molecule has 0 fully saturated rings. The Morgan fingerprint density at radius 2 is 2.00 bits per heavy atom. The van der Waals surface area contributed by atoms with Gasteiger partial charge in [-0.25, -0.2) is 0 Å². The van der Waals surface area contributed by atoms with Crippen molar-refractivity contribution in [1.29, 1.82) is 0 Å². The van der Waals surface area contributed by atoms with Crippen molar-refractivity contribution in [3.05, 3.63) is 29.8 Å². The molecular weight excluding hydrogens is 306 g/mol. The zero-order valence-corrected chi connectivity index (χ0v) is 11.0. The van der Waals surface area contributed by atoms with Gasteiger partial charge in [0.1, 0.15) is 0 Å². The maximum absolute atomic E-state index is 8.67. The Morgan fingerprint density at radius 1 is 1.33 bits per heavy atom. The Morgan fingerprint density at radius 3 is 2.53 bits per heavy atom. The van der Waals surface area contributed by atoms with Gasteiger partial charge in [-0.2, -0.15) is 0 Å². The van der Waals surface area contributed by atoms with E-state index in [2.05, 4.69) is 17.3 Å². The fourth-order valence-corrected chi connectivity index (χ4v) is 3.50. The van der Waals surface area contributed by atoms with E-state index in [9.17, 15) is 0 Å². The summed E-state index contributed by atoms with van der Waals surface area (Å²) in [4.78, 5) is 0. The van der Waals surface area contributed by atoms with Gasteiger partial charge in [0.25, 0.3) is 0 Å². The van der Waals surface area contributed by atoms with Crippen LogP contribution in [-0.2, 0) is 0 Å². The maximum atomic E-state index is 8.67. The van der Waals surface area contributed by atoms with E-state index in [1.165, 1.54) is 3.61 Å². The third-order valence-corrected chi connectivity index (χ3v) is 5.13. The molecule has 0 aliphatic heterocycles. The standard InChI is InChI=1S/C11H15NO2Te/c1-9(12-14)10-3-5-11(6-4-10)15-8-2-7-13/h3-6,13-14H,2,7-8H2,1H3/b12-9+. The van der Waals surface area contributed by atoms with Gasteiger partial charge < -0.3 is 0 Å². The zero-order valence-electron chi connectivity index (χ0n) is 8.68. The first-order valence-corrected chi connectivity index (χ1v) is 7.62. The van der Waals surface area contributed by atoms with E-state index in [0.717, 1.165) is 16.5 Å². The minimum absolute atomic E-state index is 0.154. The summed E-state index contributed by atoms with van der Waals surface area (Å²) < 4.78 is 2.51. The number of rotatable bonds is 5. The van der Waals surface area contributed by atoms with Crippen LogP contribution in [0.3, 0.4) is 0 Å². The molecule has 2 N–H and O–H groups in total. The summed E-state index contributed by atoms with van der Waals surface area (Å²) in [6.07, 6.45) is 0.904. The van der Waals surface area contributed by atoms with Gasteiger partial charge in [0, 0.05) is 0 Å². The van der Waals surface area contributed by atoms with Gasteiger partial charge in [0.15, 0.2) is 0 Å². The Bertz CT molecular complexity index is 322. The molecule has 0 aromatic heterocycles. The number of nitrogens with zero attached hydrogens (tertiary/aromatic N) is 1. The molecule has 15 heavy (non-hydrogen) atoms. The first-order valence-electron chi connectivity index (χ1n) is 4.80. The van der Waals surface area contributed by atoms with Gasteiger partial charge in [0.2, 0.25) is 0 Å². The van der Waals surface area contributed by atoms with Gasteiger partial charge in [-0.05, 0) is 0 Å². The fraction of sp³-hybridized carbons (Fsp3) is 0.364. The molecule has 1 rings (SSSR count). The molecule has 1 aromatic rings. The van der Waals surface area contributed by atoms with Crippen LogP contribution in [0.25, 0.3) is 0 Å². The second kappa shape index (κ2) is 6.84. The SMILES string of the molecule is C/C(=N\O)c1ccc([Te]CCCO)cc1. The van der Waals surface area contributed by atoms with Crippen molar-refractivity contribution in [1.82, 2.24) is 0 Å². The van der Waals surface area contributed by atoms with E-state index in [1.807, 2.05) is 12.1 Å². The topological polar surface area (TPSA) is 52.8 Å². The van der Waals surface area contributed by atoms with Crippen molar-refractivity contribution in [2.75, 3.05) is 6.61 Å². The van der Waals surface area contributed by atoms with E-state index >= 15 is 0 Å². The summed E-state index contributed by atoms with van der Waals surface area (Å²) in [6, 6.07) is 8.13. The van der Waals surface area contributed by atoms with Crippen LogP contribution < -0.4 is 3.61 Å². The van der Waals surface area contributed by atoms with Crippen molar-refractivity contribution < 1.29 is 10.3 Å². The molecular formula is C11H15NO2Te. The van der Waals surface area contributed by atoms with Crippen molar-refractivity contribution >= 4 is 30.2 Å². The first kappa shape index (κ1) is 12.5. The van der Waals surface area contributed by atoms with E-state index in [-0.39, 0.29) is 20.9 Å². The van der Waals surface area contributed by atoms with Gasteiger partial charge in [0.05, 0.1) is 0 Å². The molecule has 0 saturated heterocycles. The van der Waals surface area contributed by atoms with Crippen LogP contribution in [0.5, 0.6) is 0 Å². The molecule has 1 aromatic carbocycles. The number of benzene rings is 1. The van der Waals surface area contributed by atoms with Gasteiger partial charge in [-0.15, -0.1) is 0 Å². The molecule has 0 radical (unpaired) electrons. The monoisotopic (exact) mass is 323 g/mol. The Labute approximate surface area is 99.9 Å². The number of aliphatic hydroxyl groups excluding tert-OH is 1. The molecule has 0 unspecified atom stereocenters. The molecule has 0 spiro atoms. The molecule has 0 heterocycles. The molecule has 0 atom stereocenters.